The molecule has 19 heavy (non-hydrogen) atoms. The Morgan fingerprint density at radius 1 is 0.579 bits per heavy atom. The number of rotatable bonds is 8. The topological polar surface area (TPSA) is 12.0 Å². The van der Waals surface area contributed by atoms with E-state index in [1.165, 1.54) is 0 Å². The van der Waals surface area contributed by atoms with Crippen LogP contribution in [-0.4, -0.2) is 121 Å². The van der Waals surface area contributed by atoms with Gasteiger partial charge in [0.15, 0.2) is 0 Å². The van der Waals surface area contributed by atoms with Gasteiger partial charge in [-0.3, -0.25) is 0 Å². The maximum atomic E-state index is 3.65. The molecule has 0 saturated heterocycles. The molecule has 0 aliphatic rings. The second-order valence-corrected chi connectivity index (χ2v) is 8.25. The van der Waals surface area contributed by atoms with Gasteiger partial charge in [-0.2, -0.15) is 0 Å². The summed E-state index contributed by atoms with van der Waals surface area (Å²) in [5.74, 6) is 0. The lowest BCUT2D eigenvalue weighted by Gasteiger charge is -2.37. The lowest BCUT2D eigenvalue weighted by molar-refractivity contribution is 1.79. The van der Waals surface area contributed by atoms with E-state index in [2.05, 4.69) is 95.9 Å². The molecule has 0 aromatic carbocycles. The summed E-state index contributed by atoms with van der Waals surface area (Å²) < 4.78 is 3.65. The maximum absolute atomic E-state index is 3.65. The van der Waals surface area contributed by atoms with Gasteiger partial charge in [0, 0.05) is 67.6 Å². The van der Waals surface area contributed by atoms with E-state index in [1.807, 2.05) is 0 Å². The molecule has 0 fully saturated rings. The first kappa shape index (κ1) is 20.8. The van der Waals surface area contributed by atoms with Gasteiger partial charge in [-0.05, 0) is 0 Å². The first-order valence-corrected chi connectivity index (χ1v) is 9.09. The molecule has 0 aromatic rings. The summed E-state index contributed by atoms with van der Waals surface area (Å²) in [4.78, 5) is 0. The normalized spacial score (nSPS) is 9.32. The van der Waals surface area contributed by atoms with Crippen molar-refractivity contribution in [3.63, 3.8) is 0 Å². The first-order valence-electron chi connectivity index (χ1n) is 8.01. The second kappa shape index (κ2) is 9.74. The highest BCUT2D eigenvalue weighted by Gasteiger charge is 2.44. The van der Waals surface area contributed by atoms with Crippen LogP contribution < -0.4 is 3.44 Å². The Morgan fingerprint density at radius 3 is 1.16 bits per heavy atom. The minimum Gasteiger partial charge on any atom is -0.319 e. The fourth-order valence-electron chi connectivity index (χ4n) is 3.79. The number of hydrogen-bond acceptors (Lipinski definition) is 1. The van der Waals surface area contributed by atoms with E-state index in [1.54, 1.807) is 0 Å². The maximum Gasteiger partial charge on any atom is 0.129 e. The minimum atomic E-state index is 0.609. The Kier molecular flexibility index (Phi) is 10.7. The molecule has 0 unspecified atom stereocenters. The third-order valence-electron chi connectivity index (χ3n) is 4.92. The summed E-state index contributed by atoms with van der Waals surface area (Å²) in [5, 5.41) is 0. The average Bonchev–Trinajstić information content (AvgIpc) is 2.25. The van der Waals surface area contributed by atoms with Crippen LogP contribution in [0.15, 0.2) is 0 Å². The van der Waals surface area contributed by atoms with Crippen molar-refractivity contribution in [2.45, 2.75) is 0 Å². The van der Waals surface area contributed by atoms with Crippen LogP contribution in [0.25, 0.3) is 0 Å². The van der Waals surface area contributed by atoms with Crippen molar-refractivity contribution in [3.8, 4) is 0 Å². The Labute approximate surface area is 146 Å². The van der Waals surface area contributed by atoms with Crippen LogP contribution in [0.2, 0.25) is 0 Å². The number of halogens is 1. The van der Waals surface area contributed by atoms with Crippen molar-refractivity contribution >= 4 is 144 Å². The molecule has 19 heteroatoms. The average molecular weight is 344 g/mol. The zero-order chi connectivity index (χ0) is 15.3. The predicted molar refractivity (Wildman–Crippen MR) is 140 cm³/mol. The van der Waals surface area contributed by atoms with Crippen LogP contribution in [0.3, 0.4) is 0 Å². The largest absolute Gasteiger partial charge is 0.319 e. The highest BCUT2D eigenvalue weighted by Crippen LogP contribution is 2.03. The van der Waals surface area contributed by atoms with Crippen LogP contribution >= 0.6 is 22.9 Å². The third-order valence-corrected chi connectivity index (χ3v) is 5.64. The zero-order valence-electron chi connectivity index (χ0n) is 14.5. The van der Waals surface area contributed by atoms with Gasteiger partial charge in [-0.25, -0.2) is 0 Å². The van der Waals surface area contributed by atoms with E-state index in [4.69, 9.17) is 0 Å². The van der Waals surface area contributed by atoms with Crippen molar-refractivity contribution in [1.29, 1.82) is 0 Å². The van der Waals surface area contributed by atoms with Crippen LogP contribution in [0.5, 0.6) is 0 Å². The highest BCUT2D eigenvalue weighted by atomic mass is 127. The van der Waals surface area contributed by atoms with Gasteiger partial charge >= 0.3 is 0 Å². The number of hydrogen-bond donors (Lipinski definition) is 1. The summed E-state index contributed by atoms with van der Waals surface area (Å²) in [6.07, 6.45) is 5.18. The smallest absolute Gasteiger partial charge is 0.129 e. The van der Waals surface area contributed by atoms with Crippen molar-refractivity contribution in [2.24, 2.45) is 0 Å². The molecule has 1 N–H and O–H groups in total. The van der Waals surface area contributed by atoms with Gasteiger partial charge in [0.1, 0.15) is 6.63 Å². The summed E-state index contributed by atoms with van der Waals surface area (Å²) in [6, 6.07) is 0. The lowest BCUT2D eigenvalue weighted by atomic mass is 8.47. The van der Waals surface area contributed by atoms with E-state index >= 15 is 0 Å². The molecule has 0 bridgehead atoms. The van der Waals surface area contributed by atoms with Gasteiger partial charge in [-0.15, -0.1) is 0 Å². The van der Waals surface area contributed by atoms with Gasteiger partial charge in [0.05, 0.1) is 69.6 Å². The Bertz CT molecular complexity index is 227. The quantitative estimate of drug-likeness (QED) is 0.262. The van der Waals surface area contributed by atoms with Crippen molar-refractivity contribution in [3.05, 3.63) is 0 Å². The molecule has 0 amide bonds. The van der Waals surface area contributed by atoms with Gasteiger partial charge < -0.3 is 3.44 Å². The number of nitrogens with one attached hydrogen (secondary N) is 1. The van der Waals surface area contributed by atoms with Crippen molar-refractivity contribution < 1.29 is 0 Å². The molecule has 0 aliphatic heterocycles. The van der Waals surface area contributed by atoms with Gasteiger partial charge in [0.2, 0.25) is 0 Å². The molecule has 1 nitrogen and oxygen atoms in total. The zero-order valence-corrected chi connectivity index (χ0v) is 16.7. The highest BCUT2D eigenvalue weighted by molar-refractivity contribution is 14.1. The monoisotopic (exact) mass is 347 g/mol. The van der Waals surface area contributed by atoms with Crippen LogP contribution in [-0.2, 0) is 0 Å². The molecule has 0 aromatic heterocycles. The molecule has 0 saturated carbocycles. The van der Waals surface area contributed by atoms with Crippen LogP contribution in [0, 0.1) is 0 Å². The Balaban J connectivity index is 5.34. The van der Waals surface area contributed by atoms with Gasteiger partial charge in [-0.1, -0.05) is 0 Å². The molecule has 0 aliphatic carbocycles. The summed E-state index contributed by atoms with van der Waals surface area (Å²) >= 11 is 2.39. The van der Waals surface area contributed by atoms with Crippen molar-refractivity contribution in [1.82, 2.24) is 3.44 Å². The molecular weight excluding hydrogens is 325 g/mol. The van der Waals surface area contributed by atoms with E-state index in [0.29, 0.717) is 6.63 Å². The molecule has 0 spiro atoms. The molecule has 82 valence electrons. The molecule has 0 rings (SSSR count). The summed E-state index contributed by atoms with van der Waals surface area (Å²) in [7, 11) is 21.5. The molecular formula is H19B17IN. The standard InChI is InChI=1S/B17H19IN/c1-10(2)14(9)16(13(7)8)17(19-18)15(11(3)4)12(5)6/h19H,1-9H2. The Hall–Kier alpha value is 1.79. The molecule has 0 atom stereocenters. The van der Waals surface area contributed by atoms with Gasteiger partial charge in [0.25, 0.3) is 0 Å². The fraction of sp³-hybridized carbons (Fsp3) is 0. The van der Waals surface area contributed by atoms with E-state index in [0.717, 1.165) is 44.7 Å². The second-order valence-electron chi connectivity index (χ2n) is 7.62. The van der Waals surface area contributed by atoms with E-state index < -0.39 is 0 Å². The van der Waals surface area contributed by atoms with Crippen LogP contribution in [0.1, 0.15) is 0 Å². The SMILES string of the molecule is BB(B)B(B)B(B(B)B)B(NI)B(B(B)B)B(B)B. The fourth-order valence-corrected chi connectivity index (χ4v) is 4.62. The predicted octanol–water partition coefficient (Wildman–Crippen LogP) is -10.9. The van der Waals surface area contributed by atoms with E-state index in [-0.39, 0.29) is 0 Å². The van der Waals surface area contributed by atoms with Crippen LogP contribution in [0.4, 0.5) is 0 Å². The van der Waals surface area contributed by atoms with Crippen molar-refractivity contribution in [2.75, 3.05) is 0 Å². The molecule has 0 heterocycles. The summed E-state index contributed by atoms with van der Waals surface area (Å²) in [6.45, 7) is 0.609. The Morgan fingerprint density at radius 2 is 0.947 bits per heavy atom. The third kappa shape index (κ3) is 6.20. The molecule has 0 radical (unpaired) electrons. The summed E-state index contributed by atoms with van der Waals surface area (Å²) in [5.41, 5.74) is 0. The van der Waals surface area contributed by atoms with E-state index in [9.17, 15) is 0 Å². The lowest BCUT2D eigenvalue weighted by Crippen LogP contribution is -2.78. The minimum absolute atomic E-state index is 0.609. The first-order chi connectivity index (χ1) is 8.64.